The third-order valence-electron chi connectivity index (χ3n) is 3.46. The number of esters is 1. The van der Waals surface area contributed by atoms with Gasteiger partial charge in [-0.25, -0.2) is 4.79 Å². The zero-order valence-electron chi connectivity index (χ0n) is 15.6. The average molecular weight is 385 g/mol. The normalized spacial score (nSPS) is 10.7. The molecule has 0 amide bonds. The molecule has 6 nitrogen and oxygen atoms in total. The fourth-order valence-electron chi connectivity index (χ4n) is 2.13. The third kappa shape index (κ3) is 7.07. The van der Waals surface area contributed by atoms with Gasteiger partial charge in [-0.2, -0.15) is 5.10 Å². The molecule has 0 bridgehead atoms. The molecule has 2 aromatic rings. The predicted molar refractivity (Wildman–Crippen MR) is 110 cm³/mol. The summed E-state index contributed by atoms with van der Waals surface area (Å²) in [7, 11) is 1.36. The highest BCUT2D eigenvalue weighted by Crippen LogP contribution is 2.14. The molecule has 0 saturated carbocycles. The molecular formula is C20H23N3O3S. The van der Waals surface area contributed by atoms with E-state index in [0.717, 1.165) is 16.9 Å². The summed E-state index contributed by atoms with van der Waals surface area (Å²) in [5, 5.41) is 7.62. The van der Waals surface area contributed by atoms with Gasteiger partial charge in [-0.05, 0) is 73.6 Å². The van der Waals surface area contributed by atoms with Crippen LogP contribution in [-0.4, -0.2) is 30.4 Å². The second-order valence-electron chi connectivity index (χ2n) is 6.04. The van der Waals surface area contributed by atoms with Crippen molar-refractivity contribution in [3.05, 3.63) is 65.2 Å². The molecule has 0 aliphatic rings. The largest absolute Gasteiger partial charge is 0.489 e. The van der Waals surface area contributed by atoms with E-state index in [4.69, 9.17) is 17.0 Å². The Morgan fingerprint density at radius 2 is 1.81 bits per heavy atom. The zero-order valence-corrected chi connectivity index (χ0v) is 16.4. The first-order valence-corrected chi connectivity index (χ1v) is 8.88. The molecule has 0 aliphatic carbocycles. The summed E-state index contributed by atoms with van der Waals surface area (Å²) in [6.45, 7) is 4.42. The van der Waals surface area contributed by atoms with Crippen LogP contribution in [0.25, 0.3) is 0 Å². The molecule has 7 heteroatoms. The number of nitrogens with zero attached hydrogens (tertiary/aromatic N) is 1. The van der Waals surface area contributed by atoms with Crippen LogP contribution in [0.15, 0.2) is 53.6 Å². The number of rotatable bonds is 7. The molecule has 2 aromatic carbocycles. The minimum Gasteiger partial charge on any atom is -0.489 e. The first-order valence-electron chi connectivity index (χ1n) is 8.47. The van der Waals surface area contributed by atoms with Gasteiger partial charge in [0.05, 0.1) is 18.9 Å². The maximum absolute atomic E-state index is 11.4. The van der Waals surface area contributed by atoms with Crippen molar-refractivity contribution in [2.24, 2.45) is 5.10 Å². The number of benzene rings is 2. The minimum atomic E-state index is -0.352. The summed E-state index contributed by atoms with van der Waals surface area (Å²) in [6.07, 6.45) is 1.68. The van der Waals surface area contributed by atoms with Gasteiger partial charge in [-0.1, -0.05) is 12.1 Å². The standard InChI is InChI=1S/C20H23N3O3S/c1-14(2)22-20(27)23-21-12-15-6-10-18(11-7-15)26-13-16-4-8-17(9-5-16)19(24)25-3/h4-12,14H,13H2,1-3H3,(H2,22,23,27). The van der Waals surface area contributed by atoms with E-state index in [1.165, 1.54) is 7.11 Å². The Bertz CT molecular complexity index is 787. The molecule has 0 fully saturated rings. The second-order valence-corrected chi connectivity index (χ2v) is 6.45. The number of thiocarbonyl (C=S) groups is 1. The molecule has 0 unspecified atom stereocenters. The van der Waals surface area contributed by atoms with Crippen molar-refractivity contribution in [3.63, 3.8) is 0 Å². The summed E-state index contributed by atoms with van der Waals surface area (Å²) >= 11 is 5.09. The van der Waals surface area contributed by atoms with Crippen LogP contribution in [-0.2, 0) is 11.3 Å². The van der Waals surface area contributed by atoms with Crippen LogP contribution in [0.3, 0.4) is 0 Å². The second kappa shape index (κ2) is 10.3. The summed E-state index contributed by atoms with van der Waals surface area (Å²) in [4.78, 5) is 11.4. The van der Waals surface area contributed by atoms with E-state index in [1.807, 2.05) is 50.2 Å². The van der Waals surface area contributed by atoms with Gasteiger partial charge in [0.15, 0.2) is 5.11 Å². The smallest absolute Gasteiger partial charge is 0.337 e. The van der Waals surface area contributed by atoms with Crippen molar-refractivity contribution < 1.29 is 14.3 Å². The Morgan fingerprint density at radius 3 is 2.41 bits per heavy atom. The number of carbonyl (C=O) groups is 1. The lowest BCUT2D eigenvalue weighted by Gasteiger charge is -2.09. The van der Waals surface area contributed by atoms with Gasteiger partial charge in [0.25, 0.3) is 0 Å². The van der Waals surface area contributed by atoms with Gasteiger partial charge in [0.1, 0.15) is 12.4 Å². The number of hydrazone groups is 1. The molecule has 0 radical (unpaired) electrons. The van der Waals surface area contributed by atoms with Gasteiger partial charge >= 0.3 is 5.97 Å². The SMILES string of the molecule is COC(=O)c1ccc(COc2ccc(C=NNC(=S)NC(C)C)cc2)cc1. The molecule has 27 heavy (non-hydrogen) atoms. The molecule has 0 aliphatic heterocycles. The molecule has 2 rings (SSSR count). The third-order valence-corrected chi connectivity index (χ3v) is 3.67. The fraction of sp³-hybridized carbons (Fsp3) is 0.250. The van der Waals surface area contributed by atoms with Gasteiger partial charge in [-0.15, -0.1) is 0 Å². The zero-order chi connectivity index (χ0) is 19.6. The van der Waals surface area contributed by atoms with E-state index in [9.17, 15) is 4.79 Å². The number of nitrogens with one attached hydrogen (secondary N) is 2. The molecule has 0 spiro atoms. The lowest BCUT2D eigenvalue weighted by molar-refractivity contribution is 0.0600. The predicted octanol–water partition coefficient (Wildman–Crippen LogP) is 3.26. The highest BCUT2D eigenvalue weighted by Gasteiger charge is 2.04. The van der Waals surface area contributed by atoms with E-state index in [0.29, 0.717) is 17.3 Å². The highest BCUT2D eigenvalue weighted by atomic mass is 32.1. The van der Waals surface area contributed by atoms with Crippen molar-refractivity contribution in [2.45, 2.75) is 26.5 Å². The van der Waals surface area contributed by atoms with Crippen LogP contribution in [0.1, 0.15) is 35.3 Å². The quantitative estimate of drug-likeness (QED) is 0.330. The van der Waals surface area contributed by atoms with Gasteiger partial charge in [0, 0.05) is 6.04 Å². The molecule has 142 valence electrons. The molecule has 0 heterocycles. The number of carbonyl (C=O) groups excluding carboxylic acids is 1. The molecular weight excluding hydrogens is 362 g/mol. The monoisotopic (exact) mass is 385 g/mol. The summed E-state index contributed by atoms with van der Waals surface area (Å²) < 4.78 is 10.4. The Morgan fingerprint density at radius 1 is 1.15 bits per heavy atom. The number of hydrogen-bond acceptors (Lipinski definition) is 5. The van der Waals surface area contributed by atoms with Gasteiger partial charge < -0.3 is 14.8 Å². The van der Waals surface area contributed by atoms with E-state index in [1.54, 1.807) is 18.3 Å². The van der Waals surface area contributed by atoms with Gasteiger partial charge in [-0.3, -0.25) is 5.43 Å². The molecule has 0 saturated heterocycles. The van der Waals surface area contributed by atoms with Crippen LogP contribution in [0.5, 0.6) is 5.75 Å². The van der Waals surface area contributed by atoms with Crippen molar-refractivity contribution in [3.8, 4) is 5.75 Å². The fourth-order valence-corrected chi connectivity index (χ4v) is 2.42. The van der Waals surface area contributed by atoms with E-state index < -0.39 is 0 Å². The Labute approximate surface area is 164 Å². The Kier molecular flexibility index (Phi) is 7.76. The molecule has 0 aromatic heterocycles. The maximum atomic E-state index is 11.4. The topological polar surface area (TPSA) is 72.0 Å². The van der Waals surface area contributed by atoms with Crippen LogP contribution < -0.4 is 15.5 Å². The number of methoxy groups -OCH3 is 1. The average Bonchev–Trinajstić information content (AvgIpc) is 2.66. The van der Waals surface area contributed by atoms with Crippen molar-refractivity contribution >= 4 is 29.5 Å². The van der Waals surface area contributed by atoms with E-state index in [-0.39, 0.29) is 12.0 Å². The summed E-state index contributed by atoms with van der Waals surface area (Å²) in [5.41, 5.74) is 5.16. The Balaban J connectivity index is 1.83. The molecule has 2 N–H and O–H groups in total. The lowest BCUT2D eigenvalue weighted by atomic mass is 10.1. The minimum absolute atomic E-state index is 0.258. The van der Waals surface area contributed by atoms with Crippen LogP contribution >= 0.6 is 12.2 Å². The van der Waals surface area contributed by atoms with Crippen LogP contribution in [0, 0.1) is 0 Å². The summed E-state index contributed by atoms with van der Waals surface area (Å²) in [6, 6.07) is 14.9. The number of hydrogen-bond donors (Lipinski definition) is 2. The molecule has 0 atom stereocenters. The van der Waals surface area contributed by atoms with Gasteiger partial charge in [0.2, 0.25) is 0 Å². The highest BCUT2D eigenvalue weighted by molar-refractivity contribution is 7.80. The van der Waals surface area contributed by atoms with E-state index in [2.05, 4.69) is 20.6 Å². The Hall–Kier alpha value is -2.93. The van der Waals surface area contributed by atoms with Crippen molar-refractivity contribution in [1.29, 1.82) is 0 Å². The van der Waals surface area contributed by atoms with Crippen LogP contribution in [0.4, 0.5) is 0 Å². The first kappa shape index (κ1) is 20.4. The lowest BCUT2D eigenvalue weighted by Crippen LogP contribution is -2.36. The van der Waals surface area contributed by atoms with Crippen molar-refractivity contribution in [1.82, 2.24) is 10.7 Å². The number of ether oxygens (including phenoxy) is 2. The van der Waals surface area contributed by atoms with E-state index >= 15 is 0 Å². The first-order chi connectivity index (χ1) is 13.0. The van der Waals surface area contributed by atoms with Crippen molar-refractivity contribution in [2.75, 3.05) is 7.11 Å². The summed E-state index contributed by atoms with van der Waals surface area (Å²) in [5.74, 6) is 0.393. The van der Waals surface area contributed by atoms with Crippen LogP contribution in [0.2, 0.25) is 0 Å². The maximum Gasteiger partial charge on any atom is 0.337 e.